The summed E-state index contributed by atoms with van der Waals surface area (Å²) in [7, 11) is -3.47. The molecule has 0 atom stereocenters. The van der Waals surface area contributed by atoms with Gasteiger partial charge in [-0.25, -0.2) is 17.2 Å². The van der Waals surface area contributed by atoms with Crippen LogP contribution in [0.25, 0.3) is 0 Å². The van der Waals surface area contributed by atoms with E-state index in [0.29, 0.717) is 37.7 Å². The molecule has 0 radical (unpaired) electrons. The van der Waals surface area contributed by atoms with Crippen molar-refractivity contribution < 1.29 is 26.7 Å². The zero-order valence-corrected chi connectivity index (χ0v) is 19.0. The number of rotatable bonds is 3. The molecule has 0 saturated carbocycles. The van der Waals surface area contributed by atoms with Crippen molar-refractivity contribution in [2.45, 2.75) is 43.8 Å². The number of sulfone groups is 1. The van der Waals surface area contributed by atoms with Crippen molar-refractivity contribution in [2.24, 2.45) is 5.41 Å². The standard InChI is InChI=1S/C24H25F2NO4S/c1-24(2,3)23(28)27-22-17(14-18(25)15-21(22)26)7-4-16-5-8-19(9-6-16)32(29,30)20-10-12-31-13-11-20/h5-6,8-9,14-15,20H,10-13H2,1-3H3,(H,27,28). The fourth-order valence-corrected chi connectivity index (χ4v) is 4.86. The molecule has 1 heterocycles. The monoisotopic (exact) mass is 461 g/mol. The molecule has 1 fully saturated rings. The highest BCUT2D eigenvalue weighted by Crippen LogP contribution is 2.26. The molecule has 1 amide bonds. The molecule has 0 aliphatic carbocycles. The third-order valence-corrected chi connectivity index (χ3v) is 7.38. The van der Waals surface area contributed by atoms with Crippen LogP contribution in [0, 0.1) is 28.9 Å². The lowest BCUT2D eigenvalue weighted by atomic mass is 9.95. The van der Waals surface area contributed by atoms with Gasteiger partial charge in [0, 0.05) is 30.3 Å². The third-order valence-electron chi connectivity index (χ3n) is 5.11. The van der Waals surface area contributed by atoms with E-state index in [0.717, 1.165) is 6.07 Å². The largest absolute Gasteiger partial charge is 0.381 e. The highest BCUT2D eigenvalue weighted by Gasteiger charge is 2.29. The molecule has 1 aliphatic rings. The maximum absolute atomic E-state index is 14.3. The first-order valence-corrected chi connectivity index (χ1v) is 11.8. The van der Waals surface area contributed by atoms with Crippen LogP contribution in [0.5, 0.6) is 0 Å². The Morgan fingerprint density at radius 1 is 1.06 bits per heavy atom. The lowest BCUT2D eigenvalue weighted by Gasteiger charge is -2.22. The first-order valence-electron chi connectivity index (χ1n) is 10.2. The van der Waals surface area contributed by atoms with Crippen LogP contribution in [-0.2, 0) is 19.4 Å². The van der Waals surface area contributed by atoms with E-state index in [1.54, 1.807) is 32.9 Å². The smallest absolute Gasteiger partial charge is 0.229 e. The Kier molecular flexibility index (Phi) is 7.01. The molecule has 2 aromatic rings. The molecule has 0 aromatic heterocycles. The maximum atomic E-state index is 14.3. The van der Waals surface area contributed by atoms with Crippen molar-refractivity contribution >= 4 is 21.4 Å². The number of amides is 1. The number of nitrogens with one attached hydrogen (secondary N) is 1. The Morgan fingerprint density at radius 2 is 1.69 bits per heavy atom. The number of benzene rings is 2. The molecule has 0 unspecified atom stereocenters. The fourth-order valence-electron chi connectivity index (χ4n) is 3.15. The molecule has 0 bridgehead atoms. The van der Waals surface area contributed by atoms with Gasteiger partial charge in [0.15, 0.2) is 15.7 Å². The molecular weight excluding hydrogens is 436 g/mol. The molecule has 1 N–H and O–H groups in total. The van der Waals surface area contributed by atoms with Crippen LogP contribution in [-0.4, -0.2) is 32.8 Å². The first kappa shape index (κ1) is 23.9. The van der Waals surface area contributed by atoms with Gasteiger partial charge in [-0.2, -0.15) is 0 Å². The topological polar surface area (TPSA) is 72.5 Å². The van der Waals surface area contributed by atoms with E-state index in [4.69, 9.17) is 4.74 Å². The summed E-state index contributed by atoms with van der Waals surface area (Å²) in [6, 6.07) is 7.76. The highest BCUT2D eigenvalue weighted by atomic mass is 32.2. The van der Waals surface area contributed by atoms with Crippen molar-refractivity contribution in [1.82, 2.24) is 0 Å². The van der Waals surface area contributed by atoms with Crippen molar-refractivity contribution in [1.29, 1.82) is 0 Å². The van der Waals surface area contributed by atoms with E-state index >= 15 is 0 Å². The molecule has 1 aliphatic heterocycles. The van der Waals surface area contributed by atoms with Crippen LogP contribution in [0.15, 0.2) is 41.3 Å². The molecule has 32 heavy (non-hydrogen) atoms. The number of hydrogen-bond donors (Lipinski definition) is 1. The number of hydrogen-bond acceptors (Lipinski definition) is 4. The Labute approximate surface area is 187 Å². The van der Waals surface area contributed by atoms with Gasteiger partial charge in [0.2, 0.25) is 5.91 Å². The van der Waals surface area contributed by atoms with Gasteiger partial charge < -0.3 is 10.1 Å². The molecule has 170 valence electrons. The second-order valence-corrected chi connectivity index (χ2v) is 10.9. The second kappa shape index (κ2) is 9.39. The van der Waals surface area contributed by atoms with E-state index in [1.807, 2.05) is 0 Å². The average Bonchev–Trinajstić information content (AvgIpc) is 2.74. The molecule has 8 heteroatoms. The summed E-state index contributed by atoms with van der Waals surface area (Å²) in [4.78, 5) is 12.5. The van der Waals surface area contributed by atoms with Crippen molar-refractivity contribution in [3.8, 4) is 11.8 Å². The van der Waals surface area contributed by atoms with Gasteiger partial charge in [-0.05, 0) is 43.2 Å². The van der Waals surface area contributed by atoms with Crippen LogP contribution in [0.2, 0.25) is 0 Å². The van der Waals surface area contributed by atoms with Gasteiger partial charge in [0.25, 0.3) is 0 Å². The molecule has 2 aromatic carbocycles. The molecule has 5 nitrogen and oxygen atoms in total. The van der Waals surface area contributed by atoms with Crippen LogP contribution in [0.1, 0.15) is 44.7 Å². The Bertz CT molecular complexity index is 1170. The zero-order chi connectivity index (χ0) is 23.5. The molecule has 1 saturated heterocycles. The lowest BCUT2D eigenvalue weighted by Crippen LogP contribution is -2.28. The van der Waals surface area contributed by atoms with Gasteiger partial charge in [-0.3, -0.25) is 4.79 Å². The molecular formula is C24H25F2NO4S. The number of carbonyl (C=O) groups excluding carboxylic acids is 1. The summed E-state index contributed by atoms with van der Waals surface area (Å²) < 4.78 is 58.9. The first-order chi connectivity index (χ1) is 15.0. The van der Waals surface area contributed by atoms with Gasteiger partial charge in [-0.1, -0.05) is 32.6 Å². The summed E-state index contributed by atoms with van der Waals surface area (Å²) in [5, 5.41) is 2.00. The average molecular weight is 462 g/mol. The Balaban J connectivity index is 1.87. The van der Waals surface area contributed by atoms with E-state index < -0.39 is 38.0 Å². The quantitative estimate of drug-likeness (QED) is 0.692. The number of anilines is 1. The van der Waals surface area contributed by atoms with Crippen molar-refractivity contribution in [2.75, 3.05) is 18.5 Å². The maximum Gasteiger partial charge on any atom is 0.229 e. The normalized spacial score (nSPS) is 15.0. The van der Waals surface area contributed by atoms with Gasteiger partial charge in [0.05, 0.1) is 21.4 Å². The van der Waals surface area contributed by atoms with Crippen LogP contribution in [0.3, 0.4) is 0 Å². The zero-order valence-electron chi connectivity index (χ0n) is 18.2. The van der Waals surface area contributed by atoms with Gasteiger partial charge >= 0.3 is 0 Å². The Hall–Kier alpha value is -2.76. The SMILES string of the molecule is CC(C)(C)C(=O)Nc1c(F)cc(F)cc1C#Cc1ccc(S(=O)(=O)C2CCOCC2)cc1. The van der Waals surface area contributed by atoms with E-state index in [-0.39, 0.29) is 16.1 Å². The molecule has 0 spiro atoms. The van der Waals surface area contributed by atoms with E-state index in [1.165, 1.54) is 12.1 Å². The predicted octanol–water partition coefficient (Wildman–Crippen LogP) is 4.30. The van der Waals surface area contributed by atoms with Gasteiger partial charge in [0.1, 0.15) is 5.82 Å². The summed E-state index contributed by atoms with van der Waals surface area (Å²) in [6.07, 6.45) is 0.913. The van der Waals surface area contributed by atoms with Crippen LogP contribution >= 0.6 is 0 Å². The third kappa shape index (κ3) is 5.53. The summed E-state index contributed by atoms with van der Waals surface area (Å²) in [6.45, 7) is 5.86. The number of ether oxygens (including phenoxy) is 1. The fraction of sp³-hybridized carbons (Fsp3) is 0.375. The van der Waals surface area contributed by atoms with E-state index in [9.17, 15) is 22.0 Å². The minimum atomic E-state index is -3.47. The van der Waals surface area contributed by atoms with Crippen LogP contribution in [0.4, 0.5) is 14.5 Å². The highest BCUT2D eigenvalue weighted by molar-refractivity contribution is 7.92. The van der Waals surface area contributed by atoms with Gasteiger partial charge in [-0.15, -0.1) is 0 Å². The second-order valence-electron chi connectivity index (χ2n) is 8.65. The van der Waals surface area contributed by atoms with Crippen molar-refractivity contribution in [3.63, 3.8) is 0 Å². The minimum absolute atomic E-state index is 0.0148. The summed E-state index contributed by atoms with van der Waals surface area (Å²) in [5.74, 6) is 3.27. The summed E-state index contributed by atoms with van der Waals surface area (Å²) >= 11 is 0. The van der Waals surface area contributed by atoms with E-state index in [2.05, 4.69) is 17.2 Å². The van der Waals surface area contributed by atoms with Crippen LogP contribution < -0.4 is 5.32 Å². The Morgan fingerprint density at radius 3 is 2.28 bits per heavy atom. The summed E-state index contributed by atoms with van der Waals surface area (Å²) in [5.41, 5.74) is -0.526. The number of carbonyl (C=O) groups is 1. The predicted molar refractivity (Wildman–Crippen MR) is 118 cm³/mol. The van der Waals surface area contributed by atoms with Crippen molar-refractivity contribution in [3.05, 3.63) is 59.2 Å². The molecule has 3 rings (SSSR count). The number of halogens is 2. The minimum Gasteiger partial charge on any atom is -0.381 e. The lowest BCUT2D eigenvalue weighted by molar-refractivity contribution is -0.123.